The molecule has 0 bridgehead atoms. The quantitative estimate of drug-likeness (QED) is 0.876. The second-order valence-electron chi connectivity index (χ2n) is 4.59. The van der Waals surface area contributed by atoms with Crippen LogP contribution in [0.4, 0.5) is 0 Å². The second kappa shape index (κ2) is 4.33. The van der Waals surface area contributed by atoms with Crippen LogP contribution in [0.25, 0.3) is 11.3 Å². The predicted octanol–water partition coefficient (Wildman–Crippen LogP) is 2.89. The highest BCUT2D eigenvalue weighted by Crippen LogP contribution is 2.32. The molecule has 0 aliphatic rings. The van der Waals surface area contributed by atoms with Crippen molar-refractivity contribution in [3.8, 4) is 11.3 Å². The van der Waals surface area contributed by atoms with Crippen molar-refractivity contribution in [1.82, 2.24) is 9.97 Å². The lowest BCUT2D eigenvalue weighted by Gasteiger charge is -2.18. The minimum Gasteiger partial charge on any atom is -0.481 e. The van der Waals surface area contributed by atoms with E-state index in [1.54, 1.807) is 0 Å². The summed E-state index contributed by atoms with van der Waals surface area (Å²) in [5.41, 5.74) is 1.49. The Morgan fingerprint density at radius 2 is 2.35 bits per heavy atom. The van der Waals surface area contributed by atoms with Crippen molar-refractivity contribution in [2.24, 2.45) is 0 Å². The number of H-pyrrole nitrogens is 1. The number of carboxylic acid groups (broad SMARTS) is 1. The summed E-state index contributed by atoms with van der Waals surface area (Å²) in [7, 11) is 0. The van der Waals surface area contributed by atoms with E-state index >= 15 is 0 Å². The lowest BCUT2D eigenvalue weighted by Crippen LogP contribution is -2.21. The maximum Gasteiger partial charge on any atom is 0.304 e. The predicted molar refractivity (Wildman–Crippen MR) is 67.2 cm³/mol. The average molecular weight is 250 g/mol. The maximum atomic E-state index is 10.8. The van der Waals surface area contributed by atoms with Gasteiger partial charge in [-0.1, -0.05) is 13.8 Å². The summed E-state index contributed by atoms with van der Waals surface area (Å²) in [6.07, 6.45) is 3.81. The number of rotatable bonds is 4. The van der Waals surface area contributed by atoms with Gasteiger partial charge in [-0.25, -0.2) is 4.98 Å². The van der Waals surface area contributed by atoms with E-state index in [0.717, 1.165) is 16.3 Å². The number of nitrogens with one attached hydrogen (secondary N) is 1. The minimum absolute atomic E-state index is 0.0904. The molecule has 0 saturated heterocycles. The summed E-state index contributed by atoms with van der Waals surface area (Å²) >= 11 is 1.51. The van der Waals surface area contributed by atoms with Crippen LogP contribution in [0.1, 0.15) is 25.3 Å². The standard InChI is InChI=1S/C12H14N2O2S/c1-12(2,5-10(15)16)11-14-9(7-17-11)8-3-4-13-6-8/h3-4,6-7,13H,5H2,1-2H3,(H,15,16). The maximum absolute atomic E-state index is 10.8. The lowest BCUT2D eigenvalue weighted by atomic mass is 9.90. The van der Waals surface area contributed by atoms with E-state index in [4.69, 9.17) is 5.11 Å². The molecule has 2 N–H and O–H groups in total. The van der Waals surface area contributed by atoms with Gasteiger partial charge in [0.1, 0.15) is 0 Å². The molecule has 2 heterocycles. The zero-order valence-electron chi connectivity index (χ0n) is 9.73. The molecule has 2 aromatic rings. The molecule has 0 radical (unpaired) electrons. The van der Waals surface area contributed by atoms with E-state index in [9.17, 15) is 4.79 Å². The molecular weight excluding hydrogens is 236 g/mol. The van der Waals surface area contributed by atoms with Gasteiger partial charge in [-0.05, 0) is 6.07 Å². The molecule has 4 nitrogen and oxygen atoms in total. The summed E-state index contributed by atoms with van der Waals surface area (Å²) in [6.45, 7) is 3.81. The summed E-state index contributed by atoms with van der Waals surface area (Å²) in [5, 5.41) is 11.7. The molecule has 0 aromatic carbocycles. The SMILES string of the molecule is CC(C)(CC(=O)O)c1nc(-c2cc[nH]c2)cs1. The third kappa shape index (κ3) is 2.55. The lowest BCUT2D eigenvalue weighted by molar-refractivity contribution is -0.138. The Balaban J connectivity index is 2.26. The second-order valence-corrected chi connectivity index (χ2v) is 5.45. The van der Waals surface area contributed by atoms with Crippen LogP contribution in [-0.2, 0) is 10.2 Å². The van der Waals surface area contributed by atoms with Crippen LogP contribution in [0, 0.1) is 0 Å². The van der Waals surface area contributed by atoms with Gasteiger partial charge in [0.2, 0.25) is 0 Å². The zero-order valence-corrected chi connectivity index (χ0v) is 10.5. The van der Waals surface area contributed by atoms with E-state index in [0.29, 0.717) is 0 Å². The van der Waals surface area contributed by atoms with Gasteiger partial charge >= 0.3 is 5.97 Å². The van der Waals surface area contributed by atoms with Crippen molar-refractivity contribution in [2.75, 3.05) is 0 Å². The van der Waals surface area contributed by atoms with E-state index in [-0.39, 0.29) is 6.42 Å². The summed E-state index contributed by atoms with van der Waals surface area (Å²) in [4.78, 5) is 18.3. The van der Waals surface area contributed by atoms with E-state index in [2.05, 4.69) is 9.97 Å². The highest BCUT2D eigenvalue weighted by Gasteiger charge is 2.27. The van der Waals surface area contributed by atoms with Gasteiger partial charge in [-0.3, -0.25) is 4.79 Å². The normalized spacial score (nSPS) is 11.6. The zero-order chi connectivity index (χ0) is 12.5. The van der Waals surface area contributed by atoms with E-state index < -0.39 is 11.4 Å². The van der Waals surface area contributed by atoms with Crippen molar-refractivity contribution >= 4 is 17.3 Å². The molecule has 0 aliphatic carbocycles. The Labute approximate surface area is 103 Å². The number of nitrogens with zero attached hydrogens (tertiary/aromatic N) is 1. The molecular formula is C12H14N2O2S. The summed E-state index contributed by atoms with van der Waals surface area (Å²) in [6, 6.07) is 1.95. The van der Waals surface area contributed by atoms with Crippen molar-refractivity contribution in [3.63, 3.8) is 0 Å². The van der Waals surface area contributed by atoms with Crippen molar-refractivity contribution in [1.29, 1.82) is 0 Å². The number of carbonyl (C=O) groups is 1. The number of aromatic nitrogens is 2. The smallest absolute Gasteiger partial charge is 0.304 e. The van der Waals surface area contributed by atoms with Crippen LogP contribution in [0.5, 0.6) is 0 Å². The first-order valence-corrected chi connectivity index (χ1v) is 6.18. The average Bonchev–Trinajstić information content (AvgIpc) is 2.87. The molecule has 0 atom stereocenters. The van der Waals surface area contributed by atoms with Crippen LogP contribution in [0.15, 0.2) is 23.8 Å². The fraction of sp³-hybridized carbons (Fsp3) is 0.333. The van der Waals surface area contributed by atoms with Gasteiger partial charge in [0.05, 0.1) is 17.1 Å². The van der Waals surface area contributed by atoms with Crippen LogP contribution < -0.4 is 0 Å². The van der Waals surface area contributed by atoms with Crippen LogP contribution >= 0.6 is 11.3 Å². The number of aromatic amines is 1. The Kier molecular flexibility index (Phi) is 3.02. The van der Waals surface area contributed by atoms with Crippen LogP contribution in [0.3, 0.4) is 0 Å². The molecule has 0 spiro atoms. The number of hydrogen-bond acceptors (Lipinski definition) is 3. The van der Waals surface area contributed by atoms with Gasteiger partial charge in [-0.2, -0.15) is 0 Å². The monoisotopic (exact) mass is 250 g/mol. The van der Waals surface area contributed by atoms with Gasteiger partial charge in [-0.15, -0.1) is 11.3 Å². The van der Waals surface area contributed by atoms with Gasteiger partial charge in [0.15, 0.2) is 0 Å². The van der Waals surface area contributed by atoms with E-state index in [1.807, 2.05) is 37.7 Å². The minimum atomic E-state index is -0.798. The van der Waals surface area contributed by atoms with Gasteiger partial charge in [0, 0.05) is 28.8 Å². The van der Waals surface area contributed by atoms with Crippen molar-refractivity contribution in [2.45, 2.75) is 25.7 Å². The first kappa shape index (κ1) is 11.9. The third-order valence-corrected chi connectivity index (χ3v) is 3.78. The van der Waals surface area contributed by atoms with Crippen LogP contribution in [-0.4, -0.2) is 21.0 Å². The summed E-state index contributed by atoms with van der Waals surface area (Å²) < 4.78 is 0. The number of hydrogen-bond donors (Lipinski definition) is 2. The Bertz CT molecular complexity index is 514. The highest BCUT2D eigenvalue weighted by atomic mass is 32.1. The Morgan fingerprint density at radius 3 is 2.94 bits per heavy atom. The molecule has 2 aromatic heterocycles. The van der Waals surface area contributed by atoms with Gasteiger partial charge < -0.3 is 10.1 Å². The van der Waals surface area contributed by atoms with Crippen LogP contribution in [0.2, 0.25) is 0 Å². The molecule has 0 saturated carbocycles. The molecule has 5 heteroatoms. The largest absolute Gasteiger partial charge is 0.481 e. The Hall–Kier alpha value is -1.62. The van der Waals surface area contributed by atoms with Crippen molar-refractivity contribution in [3.05, 3.63) is 28.8 Å². The number of aliphatic carboxylic acids is 1. The first-order chi connectivity index (χ1) is 7.99. The highest BCUT2D eigenvalue weighted by molar-refractivity contribution is 7.10. The third-order valence-electron chi connectivity index (χ3n) is 2.57. The fourth-order valence-electron chi connectivity index (χ4n) is 1.65. The Morgan fingerprint density at radius 1 is 1.59 bits per heavy atom. The number of carboxylic acids is 1. The number of thiazole rings is 1. The molecule has 0 amide bonds. The summed E-state index contributed by atoms with van der Waals surface area (Å²) in [5.74, 6) is -0.798. The fourth-order valence-corrected chi connectivity index (χ4v) is 2.61. The van der Waals surface area contributed by atoms with Crippen molar-refractivity contribution < 1.29 is 9.90 Å². The first-order valence-electron chi connectivity index (χ1n) is 5.30. The molecule has 0 aliphatic heterocycles. The molecule has 2 rings (SSSR count). The molecule has 17 heavy (non-hydrogen) atoms. The van der Waals surface area contributed by atoms with E-state index in [1.165, 1.54) is 11.3 Å². The topological polar surface area (TPSA) is 66.0 Å². The molecule has 0 unspecified atom stereocenters. The molecule has 90 valence electrons. The van der Waals surface area contributed by atoms with Gasteiger partial charge in [0.25, 0.3) is 0 Å². The molecule has 0 fully saturated rings.